The van der Waals surface area contributed by atoms with Crippen LogP contribution in [0.15, 0.2) is 38.1 Å². The number of likely N-dealkylation sites (tertiary alicyclic amines) is 1. The van der Waals surface area contributed by atoms with Crippen LogP contribution in [-0.2, 0) is 16.0 Å². The van der Waals surface area contributed by atoms with Crippen molar-refractivity contribution in [3.8, 4) is 5.75 Å². The summed E-state index contributed by atoms with van der Waals surface area (Å²) in [6.45, 7) is 7.77. The van der Waals surface area contributed by atoms with E-state index >= 15 is 0 Å². The molecule has 34 heavy (non-hydrogen) atoms. The van der Waals surface area contributed by atoms with Crippen molar-refractivity contribution >= 4 is 45.5 Å². The Hall–Kier alpha value is -2.00. The van der Waals surface area contributed by atoms with Crippen molar-refractivity contribution in [3.63, 3.8) is 0 Å². The van der Waals surface area contributed by atoms with Gasteiger partial charge in [0.25, 0.3) is 5.91 Å². The molecule has 0 saturated carbocycles. The number of aliphatic imine (C=N–C) groups is 1. The zero-order valence-corrected chi connectivity index (χ0v) is 23.5. The van der Waals surface area contributed by atoms with E-state index in [0.717, 1.165) is 52.9 Å². The van der Waals surface area contributed by atoms with Crippen LogP contribution in [-0.4, -0.2) is 55.7 Å². The highest BCUT2D eigenvalue weighted by Crippen LogP contribution is 2.28. The molecule has 0 spiro atoms. The van der Waals surface area contributed by atoms with Gasteiger partial charge in [0.1, 0.15) is 5.75 Å². The minimum absolute atomic E-state index is 0.105. The number of allylic oxidation sites excluding steroid dienone is 1. The summed E-state index contributed by atoms with van der Waals surface area (Å²) in [4.78, 5) is 31.6. The Kier molecular flexibility index (Phi) is 14.7. The molecule has 2 amide bonds. The third-order valence-electron chi connectivity index (χ3n) is 5.40. The van der Waals surface area contributed by atoms with Gasteiger partial charge in [-0.25, -0.2) is 0 Å². The molecule has 1 aromatic carbocycles. The summed E-state index contributed by atoms with van der Waals surface area (Å²) < 4.78 is 6.43. The predicted octanol–water partition coefficient (Wildman–Crippen LogP) is 4.89. The van der Waals surface area contributed by atoms with E-state index in [9.17, 15) is 9.59 Å². The topological polar surface area (TPSA) is 97.0 Å². The van der Waals surface area contributed by atoms with E-state index in [1.54, 1.807) is 25.8 Å². The second-order valence-corrected chi connectivity index (χ2v) is 9.44. The molecule has 0 aromatic heterocycles. The van der Waals surface area contributed by atoms with Crippen LogP contribution in [0.3, 0.4) is 0 Å². The Balaban J connectivity index is 0.00000281. The zero-order valence-electron chi connectivity index (χ0n) is 21.1. The van der Waals surface area contributed by atoms with Gasteiger partial charge in [-0.1, -0.05) is 29.8 Å². The van der Waals surface area contributed by atoms with Crippen molar-refractivity contribution in [2.24, 2.45) is 10.7 Å². The SMILES string of the molecule is CC.COc1ccc(Br)cc1CC/C(SC)=C(/C)C(=O)NC(N)=NCCCN1CCCCC1=O. The summed E-state index contributed by atoms with van der Waals surface area (Å²) in [6, 6.07) is 5.91. The molecule has 1 fully saturated rings. The molecule has 0 radical (unpaired) electrons. The van der Waals surface area contributed by atoms with Crippen LogP contribution in [0, 0.1) is 0 Å². The molecule has 7 nitrogen and oxygen atoms in total. The maximum Gasteiger partial charge on any atom is 0.254 e. The molecule has 1 aromatic rings. The van der Waals surface area contributed by atoms with Gasteiger partial charge in [0.05, 0.1) is 7.11 Å². The highest BCUT2D eigenvalue weighted by Gasteiger charge is 2.17. The number of nitrogens with two attached hydrogens (primary N) is 1. The Labute approximate surface area is 217 Å². The Morgan fingerprint density at radius 1 is 1.32 bits per heavy atom. The number of nitrogens with zero attached hydrogens (tertiary/aromatic N) is 2. The maximum atomic E-state index is 12.6. The van der Waals surface area contributed by atoms with Gasteiger partial charge < -0.3 is 15.4 Å². The summed E-state index contributed by atoms with van der Waals surface area (Å²) >= 11 is 5.05. The first-order valence-electron chi connectivity index (χ1n) is 11.8. The number of rotatable bonds is 10. The van der Waals surface area contributed by atoms with E-state index in [-0.39, 0.29) is 17.8 Å². The smallest absolute Gasteiger partial charge is 0.254 e. The lowest BCUT2D eigenvalue weighted by atomic mass is 10.1. The van der Waals surface area contributed by atoms with E-state index in [1.807, 2.05) is 43.2 Å². The zero-order chi connectivity index (χ0) is 25.5. The van der Waals surface area contributed by atoms with E-state index in [2.05, 4.69) is 26.2 Å². The molecular formula is C25H39BrN4O3S. The molecule has 0 atom stereocenters. The van der Waals surface area contributed by atoms with Gasteiger partial charge in [-0.3, -0.25) is 19.9 Å². The largest absolute Gasteiger partial charge is 0.496 e. The molecule has 1 saturated heterocycles. The van der Waals surface area contributed by atoms with Crippen molar-refractivity contribution in [3.05, 3.63) is 38.7 Å². The number of hydrogen-bond acceptors (Lipinski definition) is 5. The number of guanidine groups is 1. The number of halogens is 1. The number of carbonyl (C=O) groups is 2. The highest BCUT2D eigenvalue weighted by atomic mass is 79.9. The Morgan fingerprint density at radius 3 is 2.71 bits per heavy atom. The Bertz CT molecular complexity index is 874. The number of piperidine rings is 1. The van der Waals surface area contributed by atoms with Crippen molar-refractivity contribution in [2.75, 3.05) is 33.0 Å². The van der Waals surface area contributed by atoms with E-state index < -0.39 is 0 Å². The molecule has 1 aliphatic heterocycles. The molecule has 1 aliphatic rings. The van der Waals surface area contributed by atoms with Crippen molar-refractivity contribution in [1.82, 2.24) is 10.2 Å². The summed E-state index contributed by atoms with van der Waals surface area (Å²) in [5, 5.41) is 2.68. The number of amides is 2. The molecule has 1 heterocycles. The third kappa shape index (κ3) is 10.1. The number of thioether (sulfide) groups is 1. The molecule has 2 rings (SSSR count). The lowest BCUT2D eigenvalue weighted by Gasteiger charge is -2.26. The van der Waals surface area contributed by atoms with E-state index in [0.29, 0.717) is 31.5 Å². The molecule has 9 heteroatoms. The standard InChI is InChI=1S/C23H33BrN4O3S.C2H6/c1-16(20(32-3)11-8-17-15-18(24)9-10-19(17)31-2)22(30)27-23(25)26-12-6-14-28-13-5-4-7-21(28)29;1-2/h9-10,15H,4-8,11-14H2,1-3H3,(H3,25,26,27,30);1-2H3/b20-16+;. The van der Waals surface area contributed by atoms with Crippen LogP contribution in [0.5, 0.6) is 5.75 Å². The molecule has 190 valence electrons. The average Bonchev–Trinajstić information content (AvgIpc) is 2.84. The second kappa shape index (κ2) is 16.6. The Morgan fingerprint density at radius 2 is 2.06 bits per heavy atom. The van der Waals surface area contributed by atoms with Gasteiger partial charge in [-0.2, -0.15) is 0 Å². The van der Waals surface area contributed by atoms with Gasteiger partial charge in [0.15, 0.2) is 5.96 Å². The second-order valence-electron chi connectivity index (χ2n) is 7.62. The fraction of sp³-hybridized carbons (Fsp3) is 0.560. The van der Waals surface area contributed by atoms with Crippen LogP contribution in [0.1, 0.15) is 58.4 Å². The quantitative estimate of drug-likeness (QED) is 0.186. The molecule has 3 N–H and O–H groups in total. The van der Waals surface area contributed by atoms with Gasteiger partial charge in [-0.15, -0.1) is 11.8 Å². The van der Waals surface area contributed by atoms with Gasteiger partial charge in [-0.05, 0) is 74.0 Å². The fourth-order valence-corrected chi connectivity index (χ4v) is 4.68. The lowest BCUT2D eigenvalue weighted by Crippen LogP contribution is -2.38. The molecule has 0 unspecified atom stereocenters. The number of ether oxygens (including phenoxy) is 1. The highest BCUT2D eigenvalue weighted by molar-refractivity contribution is 9.10. The number of carbonyl (C=O) groups excluding carboxylic acids is 2. The first kappa shape index (κ1) is 30.0. The summed E-state index contributed by atoms with van der Waals surface area (Å²) in [7, 11) is 1.66. The third-order valence-corrected chi connectivity index (χ3v) is 6.90. The number of aryl methyl sites for hydroxylation is 1. The van der Waals surface area contributed by atoms with Gasteiger partial charge in [0, 0.05) is 36.1 Å². The molecule has 0 bridgehead atoms. The summed E-state index contributed by atoms with van der Waals surface area (Å²) in [6.07, 6.45) is 6.83. The summed E-state index contributed by atoms with van der Waals surface area (Å²) in [5.41, 5.74) is 7.61. The molecule has 0 aliphatic carbocycles. The van der Waals surface area contributed by atoms with E-state index in [1.165, 1.54) is 0 Å². The van der Waals surface area contributed by atoms with Gasteiger partial charge in [0.2, 0.25) is 5.91 Å². The van der Waals surface area contributed by atoms with E-state index in [4.69, 9.17) is 10.5 Å². The first-order valence-corrected chi connectivity index (χ1v) is 13.8. The first-order chi connectivity index (χ1) is 16.3. The molecular weight excluding hydrogens is 516 g/mol. The van der Waals surface area contributed by atoms with Crippen molar-refractivity contribution < 1.29 is 14.3 Å². The van der Waals surface area contributed by atoms with Gasteiger partial charge >= 0.3 is 0 Å². The number of methoxy groups -OCH3 is 1. The maximum absolute atomic E-state index is 12.6. The van der Waals surface area contributed by atoms with Crippen LogP contribution in [0.2, 0.25) is 0 Å². The number of hydrogen-bond donors (Lipinski definition) is 2. The fourth-order valence-electron chi connectivity index (χ4n) is 3.57. The number of benzene rings is 1. The van der Waals surface area contributed by atoms with Crippen LogP contribution in [0.4, 0.5) is 0 Å². The average molecular weight is 556 g/mol. The van der Waals surface area contributed by atoms with Crippen LogP contribution in [0.25, 0.3) is 0 Å². The van der Waals surface area contributed by atoms with Crippen LogP contribution < -0.4 is 15.8 Å². The van der Waals surface area contributed by atoms with Crippen LogP contribution >= 0.6 is 27.7 Å². The lowest BCUT2D eigenvalue weighted by molar-refractivity contribution is -0.133. The minimum Gasteiger partial charge on any atom is -0.496 e. The minimum atomic E-state index is -0.247. The predicted molar refractivity (Wildman–Crippen MR) is 146 cm³/mol. The normalized spacial score (nSPS) is 14.7. The number of nitrogens with one attached hydrogen (secondary N) is 1. The summed E-state index contributed by atoms with van der Waals surface area (Å²) in [5.74, 6) is 0.905. The monoisotopic (exact) mass is 554 g/mol. The van der Waals surface area contributed by atoms with Crippen molar-refractivity contribution in [2.45, 2.75) is 59.3 Å². The van der Waals surface area contributed by atoms with Crippen molar-refractivity contribution in [1.29, 1.82) is 0 Å².